The average molecular weight is 333 g/mol. The van der Waals surface area contributed by atoms with E-state index in [1.807, 2.05) is 78.9 Å². The summed E-state index contributed by atoms with van der Waals surface area (Å²) in [7, 11) is 0. The van der Waals surface area contributed by atoms with Gasteiger partial charge in [0.1, 0.15) is 5.76 Å². The van der Waals surface area contributed by atoms with Crippen LogP contribution in [0.15, 0.2) is 96.1 Å². The van der Waals surface area contributed by atoms with Crippen LogP contribution in [0.5, 0.6) is 0 Å². The number of aliphatic hydroxyl groups is 1. The minimum atomic E-state index is -0.675. The Labute approximate surface area is 148 Å². The van der Waals surface area contributed by atoms with Crippen LogP contribution in [0.1, 0.15) is 41.5 Å². The maximum Gasteiger partial charge on any atom is 0.121 e. The molecule has 3 heteroatoms. The molecule has 0 aliphatic carbocycles. The minimum Gasteiger partial charge on any atom is -0.468 e. The van der Waals surface area contributed by atoms with Crippen LogP contribution < -0.4 is 5.32 Å². The van der Waals surface area contributed by atoms with Crippen LogP contribution in [0.2, 0.25) is 0 Å². The highest BCUT2D eigenvalue weighted by atomic mass is 16.3. The summed E-state index contributed by atoms with van der Waals surface area (Å²) in [5.41, 5.74) is 1.90. The SMILES string of the molecule is C=CC[C@@H](N[C@H](c1ccccc1)[C@@H](O)c1ccccc1)c1ccco1. The van der Waals surface area contributed by atoms with Crippen molar-refractivity contribution in [1.82, 2.24) is 5.32 Å². The molecule has 3 rings (SSSR count). The predicted molar refractivity (Wildman–Crippen MR) is 100.0 cm³/mol. The summed E-state index contributed by atoms with van der Waals surface area (Å²) < 4.78 is 5.58. The maximum absolute atomic E-state index is 11.0. The molecule has 3 aromatic rings. The summed E-state index contributed by atoms with van der Waals surface area (Å²) in [6.45, 7) is 3.85. The first-order valence-corrected chi connectivity index (χ1v) is 8.48. The second-order valence-electron chi connectivity index (χ2n) is 6.00. The number of furan rings is 1. The fourth-order valence-electron chi connectivity index (χ4n) is 3.01. The molecule has 2 N–H and O–H groups in total. The molecular weight excluding hydrogens is 310 g/mol. The van der Waals surface area contributed by atoms with Crippen molar-refractivity contribution in [2.75, 3.05) is 0 Å². The number of hydrogen-bond donors (Lipinski definition) is 2. The fourth-order valence-corrected chi connectivity index (χ4v) is 3.01. The van der Waals surface area contributed by atoms with E-state index in [0.29, 0.717) is 6.42 Å². The van der Waals surface area contributed by atoms with E-state index in [2.05, 4.69) is 11.9 Å². The van der Waals surface area contributed by atoms with Gasteiger partial charge in [0.25, 0.3) is 0 Å². The van der Waals surface area contributed by atoms with E-state index >= 15 is 0 Å². The summed E-state index contributed by atoms with van der Waals surface area (Å²) in [6, 6.07) is 23.2. The summed E-state index contributed by atoms with van der Waals surface area (Å²) in [4.78, 5) is 0. The van der Waals surface area contributed by atoms with Crippen molar-refractivity contribution in [3.05, 3.63) is 109 Å². The molecular formula is C22H23NO2. The summed E-state index contributed by atoms with van der Waals surface area (Å²) in [5.74, 6) is 0.834. The molecule has 0 aliphatic rings. The van der Waals surface area contributed by atoms with Crippen LogP contribution in [0.4, 0.5) is 0 Å². The van der Waals surface area contributed by atoms with Gasteiger partial charge in [-0.15, -0.1) is 6.58 Å². The van der Waals surface area contributed by atoms with Gasteiger partial charge in [-0.3, -0.25) is 5.32 Å². The molecule has 25 heavy (non-hydrogen) atoms. The quantitative estimate of drug-likeness (QED) is 0.573. The largest absolute Gasteiger partial charge is 0.468 e. The highest BCUT2D eigenvalue weighted by Gasteiger charge is 2.26. The number of hydrogen-bond acceptors (Lipinski definition) is 3. The Hall–Kier alpha value is -2.62. The summed E-state index contributed by atoms with van der Waals surface area (Å²) in [5, 5.41) is 14.6. The molecule has 0 saturated heterocycles. The molecule has 3 nitrogen and oxygen atoms in total. The smallest absolute Gasteiger partial charge is 0.121 e. The molecule has 0 bridgehead atoms. The van der Waals surface area contributed by atoms with Gasteiger partial charge in [0.2, 0.25) is 0 Å². The van der Waals surface area contributed by atoms with E-state index in [1.165, 1.54) is 0 Å². The van der Waals surface area contributed by atoms with Crippen LogP contribution in [-0.2, 0) is 0 Å². The Bertz CT molecular complexity index is 753. The van der Waals surface area contributed by atoms with Gasteiger partial charge in [-0.05, 0) is 29.7 Å². The monoisotopic (exact) mass is 333 g/mol. The Morgan fingerprint density at radius 1 is 0.920 bits per heavy atom. The highest BCUT2D eigenvalue weighted by Crippen LogP contribution is 2.32. The average Bonchev–Trinajstić information content (AvgIpc) is 3.21. The molecule has 0 fully saturated rings. The van der Waals surface area contributed by atoms with Crippen molar-refractivity contribution >= 4 is 0 Å². The zero-order chi connectivity index (χ0) is 17.5. The molecule has 0 aliphatic heterocycles. The van der Waals surface area contributed by atoms with E-state index in [-0.39, 0.29) is 12.1 Å². The van der Waals surface area contributed by atoms with Gasteiger partial charge < -0.3 is 9.52 Å². The summed E-state index contributed by atoms with van der Waals surface area (Å²) >= 11 is 0. The topological polar surface area (TPSA) is 45.4 Å². The second-order valence-corrected chi connectivity index (χ2v) is 6.00. The first kappa shape index (κ1) is 17.2. The number of benzene rings is 2. The fraction of sp³-hybridized carbons (Fsp3) is 0.182. The lowest BCUT2D eigenvalue weighted by Gasteiger charge is -2.29. The van der Waals surface area contributed by atoms with E-state index in [0.717, 1.165) is 16.9 Å². The third-order valence-electron chi connectivity index (χ3n) is 4.29. The molecule has 0 spiro atoms. The predicted octanol–water partition coefficient (Wildman–Crippen LogP) is 4.96. The van der Waals surface area contributed by atoms with Crippen molar-refractivity contribution in [3.8, 4) is 0 Å². The molecule has 0 amide bonds. The van der Waals surface area contributed by atoms with Crippen molar-refractivity contribution in [1.29, 1.82) is 0 Å². The standard InChI is InChI=1S/C22H23NO2/c1-2-10-19(20-15-9-16-25-20)23-21(17-11-5-3-6-12-17)22(24)18-13-7-4-8-14-18/h2-9,11-16,19,21-24H,1,10H2/t19-,21-,22+/m1/s1. The molecule has 3 atom stereocenters. The lowest BCUT2D eigenvalue weighted by Crippen LogP contribution is -2.30. The number of nitrogens with one attached hydrogen (secondary N) is 1. The first-order chi connectivity index (χ1) is 12.3. The molecule has 0 unspecified atom stereocenters. The first-order valence-electron chi connectivity index (χ1n) is 8.48. The van der Waals surface area contributed by atoms with Gasteiger partial charge in [-0.2, -0.15) is 0 Å². The van der Waals surface area contributed by atoms with Gasteiger partial charge in [0.15, 0.2) is 0 Å². The van der Waals surface area contributed by atoms with E-state index in [1.54, 1.807) is 6.26 Å². The van der Waals surface area contributed by atoms with Crippen molar-refractivity contribution in [2.24, 2.45) is 0 Å². The molecule has 128 valence electrons. The Kier molecular flexibility index (Phi) is 5.83. The van der Waals surface area contributed by atoms with Crippen molar-refractivity contribution in [2.45, 2.75) is 24.6 Å². The van der Waals surface area contributed by atoms with Gasteiger partial charge in [0, 0.05) is 0 Å². The Morgan fingerprint density at radius 3 is 2.12 bits per heavy atom. The number of aliphatic hydroxyl groups excluding tert-OH is 1. The lowest BCUT2D eigenvalue weighted by molar-refractivity contribution is 0.119. The van der Waals surface area contributed by atoms with Gasteiger partial charge in [-0.1, -0.05) is 66.7 Å². The zero-order valence-electron chi connectivity index (χ0n) is 14.1. The normalized spacial score (nSPS) is 14.6. The number of rotatable bonds is 8. The summed E-state index contributed by atoms with van der Waals surface area (Å²) in [6.07, 6.45) is 3.55. The molecule has 1 aromatic heterocycles. The highest BCUT2D eigenvalue weighted by molar-refractivity contribution is 5.27. The van der Waals surface area contributed by atoms with Crippen LogP contribution >= 0.6 is 0 Å². The third-order valence-corrected chi connectivity index (χ3v) is 4.29. The lowest BCUT2D eigenvalue weighted by atomic mass is 9.94. The van der Waals surface area contributed by atoms with Crippen LogP contribution in [-0.4, -0.2) is 5.11 Å². The van der Waals surface area contributed by atoms with Crippen LogP contribution in [0.3, 0.4) is 0 Å². The van der Waals surface area contributed by atoms with E-state index in [4.69, 9.17) is 4.42 Å². The van der Waals surface area contributed by atoms with Crippen molar-refractivity contribution < 1.29 is 9.52 Å². The molecule has 0 saturated carbocycles. The zero-order valence-corrected chi connectivity index (χ0v) is 14.1. The van der Waals surface area contributed by atoms with Crippen molar-refractivity contribution in [3.63, 3.8) is 0 Å². The third kappa shape index (κ3) is 4.27. The molecule has 1 heterocycles. The van der Waals surface area contributed by atoms with E-state index < -0.39 is 6.10 Å². The Balaban J connectivity index is 1.92. The van der Waals surface area contributed by atoms with Crippen LogP contribution in [0, 0.1) is 0 Å². The van der Waals surface area contributed by atoms with E-state index in [9.17, 15) is 5.11 Å². The second kappa shape index (κ2) is 8.47. The van der Waals surface area contributed by atoms with Gasteiger partial charge in [-0.25, -0.2) is 0 Å². The van der Waals surface area contributed by atoms with Gasteiger partial charge in [0.05, 0.1) is 24.5 Å². The molecule has 0 radical (unpaired) electrons. The Morgan fingerprint density at radius 2 is 1.56 bits per heavy atom. The minimum absolute atomic E-state index is 0.0592. The molecule has 2 aromatic carbocycles. The van der Waals surface area contributed by atoms with Crippen LogP contribution in [0.25, 0.3) is 0 Å². The van der Waals surface area contributed by atoms with Gasteiger partial charge >= 0.3 is 0 Å². The maximum atomic E-state index is 11.0.